The molecule has 1 saturated heterocycles. The first-order valence-corrected chi connectivity index (χ1v) is 6.59. The third kappa shape index (κ3) is 3.44. The van der Waals surface area contributed by atoms with Crippen LogP contribution in [0.15, 0.2) is 23.4 Å². The Morgan fingerprint density at radius 2 is 2.37 bits per heavy atom. The van der Waals surface area contributed by atoms with Gasteiger partial charge in [0.1, 0.15) is 5.82 Å². The van der Waals surface area contributed by atoms with Gasteiger partial charge >= 0.3 is 0 Å². The smallest absolute Gasteiger partial charge is 0.170 e. The van der Waals surface area contributed by atoms with Crippen LogP contribution in [-0.4, -0.2) is 29.0 Å². The summed E-state index contributed by atoms with van der Waals surface area (Å²) in [6.45, 7) is 5.02. The van der Waals surface area contributed by atoms with Gasteiger partial charge in [-0.25, -0.2) is 4.39 Å². The van der Waals surface area contributed by atoms with E-state index in [4.69, 9.17) is 10.9 Å². The van der Waals surface area contributed by atoms with Gasteiger partial charge in [-0.05, 0) is 43.0 Å². The van der Waals surface area contributed by atoms with Crippen LogP contribution in [0.2, 0.25) is 0 Å². The number of piperidine rings is 1. The molecule has 104 valence electrons. The summed E-state index contributed by atoms with van der Waals surface area (Å²) in [5, 5.41) is 11.8. The maximum atomic E-state index is 13.3. The Morgan fingerprint density at radius 1 is 1.58 bits per heavy atom. The van der Waals surface area contributed by atoms with Gasteiger partial charge in [-0.2, -0.15) is 0 Å². The van der Waals surface area contributed by atoms with Gasteiger partial charge in [-0.15, -0.1) is 0 Å². The van der Waals surface area contributed by atoms with Crippen LogP contribution in [0.1, 0.15) is 30.9 Å². The Morgan fingerprint density at radius 3 is 3.05 bits per heavy atom. The van der Waals surface area contributed by atoms with Crippen LogP contribution in [0, 0.1) is 11.7 Å². The van der Waals surface area contributed by atoms with Crippen LogP contribution in [-0.2, 0) is 6.54 Å². The lowest BCUT2D eigenvalue weighted by atomic mass is 9.98. The molecule has 1 aromatic carbocycles. The van der Waals surface area contributed by atoms with Gasteiger partial charge in [0.05, 0.1) is 0 Å². The normalized spacial score (nSPS) is 21.6. The molecule has 5 heteroatoms. The molecule has 1 aliphatic rings. The molecular formula is C14H20FN3O. The first kappa shape index (κ1) is 13.8. The van der Waals surface area contributed by atoms with Gasteiger partial charge < -0.3 is 10.9 Å². The highest BCUT2D eigenvalue weighted by molar-refractivity contribution is 5.98. The van der Waals surface area contributed by atoms with Crippen LogP contribution in [0.4, 0.5) is 4.39 Å². The van der Waals surface area contributed by atoms with Crippen molar-refractivity contribution in [3.8, 4) is 0 Å². The summed E-state index contributed by atoms with van der Waals surface area (Å²) in [6.07, 6.45) is 2.44. The third-order valence-corrected chi connectivity index (χ3v) is 3.59. The number of nitrogens with zero attached hydrogens (tertiary/aromatic N) is 2. The van der Waals surface area contributed by atoms with Crippen LogP contribution in [0.25, 0.3) is 0 Å². The van der Waals surface area contributed by atoms with E-state index in [1.807, 2.05) is 0 Å². The fourth-order valence-corrected chi connectivity index (χ4v) is 2.65. The molecule has 0 radical (unpaired) electrons. The van der Waals surface area contributed by atoms with Gasteiger partial charge in [0.25, 0.3) is 0 Å². The van der Waals surface area contributed by atoms with E-state index < -0.39 is 0 Å². The number of hydrogen-bond acceptors (Lipinski definition) is 3. The van der Waals surface area contributed by atoms with E-state index >= 15 is 0 Å². The minimum absolute atomic E-state index is 0.0421. The van der Waals surface area contributed by atoms with Crippen molar-refractivity contribution in [1.82, 2.24) is 4.90 Å². The standard InChI is InChI=1S/C14H20FN3O/c1-10-3-2-6-18(8-10)9-11-4-5-12(15)7-13(11)14(16)17-19/h4-5,7,10,19H,2-3,6,8-9H2,1H3,(H2,16,17). The lowest BCUT2D eigenvalue weighted by Crippen LogP contribution is -2.34. The van der Waals surface area contributed by atoms with Crippen molar-refractivity contribution >= 4 is 5.84 Å². The third-order valence-electron chi connectivity index (χ3n) is 3.59. The fourth-order valence-electron chi connectivity index (χ4n) is 2.65. The molecule has 0 spiro atoms. The number of amidine groups is 1. The molecule has 1 heterocycles. The highest BCUT2D eigenvalue weighted by Gasteiger charge is 2.18. The summed E-state index contributed by atoms with van der Waals surface area (Å²) in [5.74, 6) is 0.262. The molecule has 2 rings (SSSR count). The van der Waals surface area contributed by atoms with Gasteiger partial charge in [-0.3, -0.25) is 4.90 Å². The Bertz CT molecular complexity index is 476. The predicted molar refractivity (Wildman–Crippen MR) is 72.6 cm³/mol. The molecule has 4 nitrogen and oxygen atoms in total. The van der Waals surface area contributed by atoms with Crippen molar-refractivity contribution < 1.29 is 9.60 Å². The van der Waals surface area contributed by atoms with Crippen molar-refractivity contribution in [2.24, 2.45) is 16.8 Å². The summed E-state index contributed by atoms with van der Waals surface area (Å²) >= 11 is 0. The zero-order valence-corrected chi connectivity index (χ0v) is 11.1. The molecule has 1 aliphatic heterocycles. The Hall–Kier alpha value is -1.62. The average molecular weight is 265 g/mol. The minimum atomic E-state index is -0.377. The molecule has 0 bridgehead atoms. The molecule has 1 unspecified atom stereocenters. The Balaban J connectivity index is 2.19. The van der Waals surface area contributed by atoms with Crippen LogP contribution >= 0.6 is 0 Å². The number of hydrogen-bond donors (Lipinski definition) is 2. The van der Waals surface area contributed by atoms with Crippen molar-refractivity contribution in [3.63, 3.8) is 0 Å². The fraction of sp³-hybridized carbons (Fsp3) is 0.500. The lowest BCUT2D eigenvalue weighted by Gasteiger charge is -2.31. The monoisotopic (exact) mass is 265 g/mol. The summed E-state index contributed by atoms with van der Waals surface area (Å²) in [6, 6.07) is 4.44. The number of benzene rings is 1. The molecule has 3 N–H and O–H groups in total. The zero-order chi connectivity index (χ0) is 13.8. The number of nitrogens with two attached hydrogens (primary N) is 1. The zero-order valence-electron chi connectivity index (χ0n) is 11.1. The van der Waals surface area contributed by atoms with Gasteiger partial charge in [-0.1, -0.05) is 18.1 Å². The number of oxime groups is 1. The quantitative estimate of drug-likeness (QED) is 0.381. The summed E-state index contributed by atoms with van der Waals surface area (Å²) in [5.41, 5.74) is 6.98. The molecule has 1 aromatic rings. The second kappa shape index (κ2) is 6.02. The maximum Gasteiger partial charge on any atom is 0.170 e. The predicted octanol–water partition coefficient (Wildman–Crippen LogP) is 2.15. The van der Waals surface area contributed by atoms with Crippen molar-refractivity contribution in [2.45, 2.75) is 26.3 Å². The van der Waals surface area contributed by atoms with E-state index in [0.29, 0.717) is 18.0 Å². The first-order chi connectivity index (χ1) is 9.10. The minimum Gasteiger partial charge on any atom is -0.409 e. The molecule has 0 saturated carbocycles. The molecule has 1 fully saturated rings. The van der Waals surface area contributed by atoms with Crippen LogP contribution in [0.3, 0.4) is 0 Å². The number of rotatable bonds is 3. The van der Waals surface area contributed by atoms with Crippen molar-refractivity contribution in [3.05, 3.63) is 35.1 Å². The van der Waals surface area contributed by atoms with E-state index in [-0.39, 0.29) is 11.7 Å². The van der Waals surface area contributed by atoms with E-state index in [1.165, 1.54) is 25.0 Å². The maximum absolute atomic E-state index is 13.3. The van der Waals surface area contributed by atoms with Gasteiger partial charge in [0, 0.05) is 18.7 Å². The summed E-state index contributed by atoms with van der Waals surface area (Å²) in [7, 11) is 0. The van der Waals surface area contributed by atoms with E-state index in [9.17, 15) is 4.39 Å². The SMILES string of the molecule is CC1CCCN(Cc2ccc(F)cc2C(N)=NO)C1. The van der Waals surface area contributed by atoms with Gasteiger partial charge in [0.2, 0.25) is 0 Å². The summed E-state index contributed by atoms with van der Waals surface area (Å²) in [4.78, 5) is 2.33. The van der Waals surface area contributed by atoms with Crippen molar-refractivity contribution in [1.29, 1.82) is 0 Å². The number of halogens is 1. The molecule has 1 atom stereocenters. The summed E-state index contributed by atoms with van der Waals surface area (Å²) < 4.78 is 13.3. The van der Waals surface area contributed by atoms with Crippen LogP contribution in [0.5, 0.6) is 0 Å². The van der Waals surface area contributed by atoms with Crippen LogP contribution < -0.4 is 5.73 Å². The molecule has 0 aliphatic carbocycles. The average Bonchev–Trinajstić information content (AvgIpc) is 2.40. The second-order valence-electron chi connectivity index (χ2n) is 5.27. The first-order valence-electron chi connectivity index (χ1n) is 6.59. The molecular weight excluding hydrogens is 245 g/mol. The Labute approximate surface area is 112 Å². The molecule has 0 aromatic heterocycles. The molecule has 19 heavy (non-hydrogen) atoms. The van der Waals surface area contributed by atoms with E-state index in [0.717, 1.165) is 18.7 Å². The lowest BCUT2D eigenvalue weighted by molar-refractivity contribution is 0.176. The second-order valence-corrected chi connectivity index (χ2v) is 5.27. The largest absolute Gasteiger partial charge is 0.409 e. The van der Waals surface area contributed by atoms with Gasteiger partial charge in [0.15, 0.2) is 5.84 Å². The Kier molecular flexibility index (Phi) is 4.37. The highest BCUT2D eigenvalue weighted by Crippen LogP contribution is 2.20. The molecule has 0 amide bonds. The van der Waals surface area contributed by atoms with Crippen molar-refractivity contribution in [2.75, 3.05) is 13.1 Å². The topological polar surface area (TPSA) is 61.8 Å². The number of likely N-dealkylation sites (tertiary alicyclic amines) is 1. The van der Waals surface area contributed by atoms with E-state index in [2.05, 4.69) is 17.0 Å². The highest BCUT2D eigenvalue weighted by atomic mass is 19.1. The van der Waals surface area contributed by atoms with E-state index in [1.54, 1.807) is 6.07 Å².